The summed E-state index contributed by atoms with van der Waals surface area (Å²) in [5, 5.41) is 6.31. The first-order valence-corrected chi connectivity index (χ1v) is 12.1. The molecule has 1 amide bonds. The summed E-state index contributed by atoms with van der Waals surface area (Å²) in [7, 11) is 1.44. The van der Waals surface area contributed by atoms with E-state index in [-0.39, 0.29) is 35.0 Å². The lowest BCUT2D eigenvalue weighted by Gasteiger charge is -2.15. The highest BCUT2D eigenvalue weighted by molar-refractivity contribution is 5.93. The number of rotatable bonds is 6. The third kappa shape index (κ3) is 5.10. The van der Waals surface area contributed by atoms with Crippen LogP contribution in [0.15, 0.2) is 50.9 Å². The fourth-order valence-electron chi connectivity index (χ4n) is 4.30. The van der Waals surface area contributed by atoms with Crippen LogP contribution in [0.1, 0.15) is 35.9 Å². The summed E-state index contributed by atoms with van der Waals surface area (Å²) in [6, 6.07) is 4.99. The van der Waals surface area contributed by atoms with Gasteiger partial charge < -0.3 is 14.4 Å². The minimum Gasteiger partial charge on any atom is -0.337 e. The van der Waals surface area contributed by atoms with E-state index in [1.807, 2.05) is 0 Å². The average molecular weight is 570 g/mol. The van der Waals surface area contributed by atoms with Crippen molar-refractivity contribution in [3.63, 3.8) is 0 Å². The van der Waals surface area contributed by atoms with Gasteiger partial charge >= 0.3 is 11.9 Å². The number of amides is 1. The summed E-state index contributed by atoms with van der Waals surface area (Å²) < 4.78 is 47.7. The standard InChI is InChI=1S/C25H22F3N9O4/c1-12-8-15(9-29-20(12)25(26,27)28)16-6-5-7-17(32-16)33-22(38)13(2)37-11-30-21-19(37)23(39)36(24(40)35(21)4)10-18-31-14(3)34-41-18/h5-9,11,13H,10H2,1-4H3,(H,32,33,38). The minimum absolute atomic E-state index is 0.000925. The lowest BCUT2D eigenvalue weighted by Crippen LogP contribution is -2.40. The number of carbonyl (C=O) groups is 1. The number of hydrogen-bond acceptors (Lipinski definition) is 9. The van der Waals surface area contributed by atoms with E-state index in [9.17, 15) is 27.6 Å². The van der Waals surface area contributed by atoms with Gasteiger partial charge in [-0.1, -0.05) is 11.2 Å². The number of anilines is 1. The summed E-state index contributed by atoms with van der Waals surface area (Å²) in [5.41, 5.74) is -1.73. The summed E-state index contributed by atoms with van der Waals surface area (Å²) in [6.45, 7) is 4.15. The van der Waals surface area contributed by atoms with Gasteiger partial charge in [0.1, 0.15) is 24.1 Å². The number of aromatic nitrogens is 8. The maximum Gasteiger partial charge on any atom is 0.433 e. The van der Waals surface area contributed by atoms with E-state index in [1.165, 1.54) is 48.5 Å². The van der Waals surface area contributed by atoms with Crippen LogP contribution < -0.4 is 16.6 Å². The molecule has 1 unspecified atom stereocenters. The number of hydrogen-bond donors (Lipinski definition) is 1. The fraction of sp³-hybridized carbons (Fsp3) is 0.280. The van der Waals surface area contributed by atoms with Crippen LogP contribution in [-0.4, -0.2) is 44.7 Å². The van der Waals surface area contributed by atoms with Gasteiger partial charge in [-0.3, -0.25) is 19.1 Å². The number of aryl methyl sites for hydroxylation is 3. The predicted octanol–water partition coefficient (Wildman–Crippen LogP) is 2.62. The number of imidazole rings is 1. The summed E-state index contributed by atoms with van der Waals surface area (Å²) >= 11 is 0. The molecule has 5 aromatic rings. The van der Waals surface area contributed by atoms with Crippen LogP contribution in [0.2, 0.25) is 0 Å². The van der Waals surface area contributed by atoms with Crippen molar-refractivity contribution in [2.45, 2.75) is 39.5 Å². The quantitative estimate of drug-likeness (QED) is 0.325. The second kappa shape index (κ2) is 10.1. The maximum absolute atomic E-state index is 13.4. The van der Waals surface area contributed by atoms with E-state index in [0.29, 0.717) is 17.1 Å². The molecule has 0 radical (unpaired) electrons. The van der Waals surface area contributed by atoms with Gasteiger partial charge in [0, 0.05) is 18.8 Å². The van der Waals surface area contributed by atoms with Crippen molar-refractivity contribution in [3.8, 4) is 11.3 Å². The van der Waals surface area contributed by atoms with Crippen LogP contribution in [-0.2, 0) is 24.6 Å². The van der Waals surface area contributed by atoms with Gasteiger partial charge in [0.05, 0.1) is 12.0 Å². The van der Waals surface area contributed by atoms with Gasteiger partial charge in [-0.05, 0) is 44.5 Å². The molecular weight excluding hydrogens is 547 g/mol. The van der Waals surface area contributed by atoms with Gasteiger partial charge in [0.25, 0.3) is 5.56 Å². The van der Waals surface area contributed by atoms with Crippen molar-refractivity contribution in [2.24, 2.45) is 7.05 Å². The van der Waals surface area contributed by atoms with E-state index in [0.717, 1.165) is 10.8 Å². The monoisotopic (exact) mass is 569 g/mol. The zero-order valence-corrected chi connectivity index (χ0v) is 22.1. The third-order valence-electron chi connectivity index (χ3n) is 6.36. The van der Waals surface area contributed by atoms with Crippen LogP contribution in [0, 0.1) is 13.8 Å². The number of carbonyl (C=O) groups excluding carboxylic acids is 1. The molecule has 0 spiro atoms. The highest BCUT2D eigenvalue weighted by Gasteiger charge is 2.34. The van der Waals surface area contributed by atoms with Crippen LogP contribution in [0.5, 0.6) is 0 Å². The van der Waals surface area contributed by atoms with Crippen molar-refractivity contribution >= 4 is 22.9 Å². The Morgan fingerprint density at radius 1 is 1.15 bits per heavy atom. The van der Waals surface area contributed by atoms with Crippen LogP contribution >= 0.6 is 0 Å². The van der Waals surface area contributed by atoms with Crippen LogP contribution in [0.3, 0.4) is 0 Å². The number of pyridine rings is 2. The summed E-state index contributed by atoms with van der Waals surface area (Å²) in [6.07, 6.45) is -2.24. The highest BCUT2D eigenvalue weighted by atomic mass is 19.4. The van der Waals surface area contributed by atoms with Crippen LogP contribution in [0.25, 0.3) is 22.4 Å². The Balaban J connectivity index is 1.44. The van der Waals surface area contributed by atoms with Crippen LogP contribution in [0.4, 0.5) is 19.0 Å². The molecule has 16 heteroatoms. The normalized spacial score (nSPS) is 12.6. The minimum atomic E-state index is -4.58. The fourth-order valence-corrected chi connectivity index (χ4v) is 4.30. The number of nitrogens with one attached hydrogen (secondary N) is 1. The molecule has 0 fully saturated rings. The number of halogens is 3. The Morgan fingerprint density at radius 3 is 2.56 bits per heavy atom. The molecule has 13 nitrogen and oxygen atoms in total. The van der Waals surface area contributed by atoms with E-state index in [2.05, 4.69) is 30.4 Å². The largest absolute Gasteiger partial charge is 0.433 e. The predicted molar refractivity (Wildman–Crippen MR) is 138 cm³/mol. The molecule has 0 aliphatic rings. The molecule has 0 aliphatic carbocycles. The molecule has 0 saturated carbocycles. The molecule has 0 aliphatic heterocycles. The molecule has 5 rings (SSSR count). The maximum atomic E-state index is 13.4. The van der Waals surface area contributed by atoms with Gasteiger partial charge in [-0.25, -0.2) is 19.3 Å². The zero-order chi connectivity index (χ0) is 29.6. The summed E-state index contributed by atoms with van der Waals surface area (Å²) in [4.78, 5) is 55.5. The third-order valence-corrected chi connectivity index (χ3v) is 6.36. The first-order valence-electron chi connectivity index (χ1n) is 12.1. The van der Waals surface area contributed by atoms with E-state index < -0.39 is 35.1 Å². The molecule has 0 aromatic carbocycles. The molecule has 212 valence electrons. The van der Waals surface area contributed by atoms with E-state index in [1.54, 1.807) is 19.1 Å². The van der Waals surface area contributed by atoms with Crippen molar-refractivity contribution < 1.29 is 22.5 Å². The van der Waals surface area contributed by atoms with Gasteiger partial charge in [0.15, 0.2) is 17.0 Å². The van der Waals surface area contributed by atoms with Crippen molar-refractivity contribution in [1.29, 1.82) is 0 Å². The lowest BCUT2D eigenvalue weighted by atomic mass is 10.1. The Morgan fingerprint density at radius 2 is 1.90 bits per heavy atom. The first-order chi connectivity index (χ1) is 19.3. The smallest absolute Gasteiger partial charge is 0.337 e. The Labute approximate surface area is 228 Å². The van der Waals surface area contributed by atoms with Crippen molar-refractivity contribution in [3.05, 3.63) is 80.6 Å². The number of alkyl halides is 3. The Hall–Kier alpha value is -5.15. The molecule has 0 saturated heterocycles. The molecule has 5 aromatic heterocycles. The number of nitrogens with zero attached hydrogens (tertiary/aromatic N) is 8. The van der Waals surface area contributed by atoms with Gasteiger partial charge in [0.2, 0.25) is 11.8 Å². The number of fused-ring (bicyclic) bond motifs is 1. The zero-order valence-electron chi connectivity index (χ0n) is 22.1. The molecule has 41 heavy (non-hydrogen) atoms. The second-order valence-electron chi connectivity index (χ2n) is 9.25. The highest BCUT2D eigenvalue weighted by Crippen LogP contribution is 2.31. The lowest BCUT2D eigenvalue weighted by molar-refractivity contribution is -0.141. The first kappa shape index (κ1) is 27.4. The molecule has 1 atom stereocenters. The molecular formula is C25H22F3N9O4. The SMILES string of the molecule is Cc1noc(Cn2c(=O)c3c(ncn3C(C)C(=O)Nc3cccc(-c4cnc(C(F)(F)F)c(C)c4)n3)n(C)c2=O)n1. The van der Waals surface area contributed by atoms with E-state index in [4.69, 9.17) is 4.52 Å². The molecule has 5 heterocycles. The van der Waals surface area contributed by atoms with E-state index >= 15 is 0 Å². The van der Waals surface area contributed by atoms with Crippen molar-refractivity contribution in [2.75, 3.05) is 5.32 Å². The Bertz CT molecular complexity index is 1920. The topological polar surface area (TPSA) is 156 Å². The Kier molecular flexibility index (Phi) is 6.76. The van der Waals surface area contributed by atoms with Gasteiger partial charge in [-0.2, -0.15) is 18.2 Å². The molecule has 0 bridgehead atoms. The second-order valence-corrected chi connectivity index (χ2v) is 9.25. The van der Waals surface area contributed by atoms with Gasteiger partial charge in [-0.15, -0.1) is 0 Å². The van der Waals surface area contributed by atoms with Crippen molar-refractivity contribution in [1.82, 2.24) is 38.8 Å². The average Bonchev–Trinajstić information content (AvgIpc) is 3.55. The summed E-state index contributed by atoms with van der Waals surface area (Å²) in [5.74, 6) is -0.0492. The molecule has 1 N–H and O–H groups in total.